The van der Waals surface area contributed by atoms with E-state index in [0.29, 0.717) is 16.5 Å². The summed E-state index contributed by atoms with van der Waals surface area (Å²) in [6, 6.07) is 6.24. The second-order valence-electron chi connectivity index (χ2n) is 3.66. The topological polar surface area (TPSA) is 62.1 Å². The maximum atomic E-state index is 11.9. The van der Waals surface area contributed by atoms with Crippen LogP contribution in [0.3, 0.4) is 0 Å². The zero-order valence-electron chi connectivity index (χ0n) is 10.7. The average Bonchev–Trinajstić information content (AvgIpc) is 2.41. The summed E-state index contributed by atoms with van der Waals surface area (Å²) < 4.78 is 5.11. The molecule has 4 nitrogen and oxygen atoms in total. The van der Waals surface area contributed by atoms with E-state index >= 15 is 0 Å². The number of nitriles is 1. The highest BCUT2D eigenvalue weighted by Crippen LogP contribution is 2.19. The monoisotopic (exact) mass is 310 g/mol. The van der Waals surface area contributed by atoms with Crippen LogP contribution in [-0.4, -0.2) is 18.7 Å². The van der Waals surface area contributed by atoms with E-state index in [-0.39, 0.29) is 12.2 Å². The predicted octanol–water partition coefficient (Wildman–Crippen LogP) is 3.00. The van der Waals surface area contributed by atoms with Crippen molar-refractivity contribution in [3.63, 3.8) is 0 Å². The zero-order chi connectivity index (χ0) is 15.0. The fourth-order valence-corrected chi connectivity index (χ4v) is 1.83. The number of hydrogen-bond donors (Lipinski definition) is 1. The number of rotatable bonds is 4. The molecule has 20 heavy (non-hydrogen) atoms. The molecule has 6 heteroatoms. The van der Waals surface area contributed by atoms with Crippen molar-refractivity contribution in [2.24, 2.45) is 0 Å². The standard InChI is InChI=1S/C14H12Cl2N2O2/c1-2-3-4-5-20-13(9-17)18-14(19)10-6-11(15)8-12(16)7-10/h6-8,13H,2,5H2,1H3,(H,18,19). The lowest BCUT2D eigenvalue weighted by Crippen LogP contribution is -2.36. The molecule has 1 unspecified atom stereocenters. The molecule has 1 aromatic carbocycles. The van der Waals surface area contributed by atoms with Gasteiger partial charge in [0.1, 0.15) is 12.7 Å². The van der Waals surface area contributed by atoms with Gasteiger partial charge in [0.05, 0.1) is 0 Å². The Balaban J connectivity index is 2.65. The van der Waals surface area contributed by atoms with Crippen molar-refractivity contribution in [3.8, 4) is 17.9 Å². The summed E-state index contributed by atoms with van der Waals surface area (Å²) in [5, 5.41) is 12.0. The average molecular weight is 311 g/mol. The molecular formula is C14H12Cl2N2O2. The van der Waals surface area contributed by atoms with Gasteiger partial charge in [-0.25, -0.2) is 0 Å². The lowest BCUT2D eigenvalue weighted by atomic mass is 10.2. The number of nitrogens with zero attached hydrogens (tertiary/aromatic N) is 1. The Bertz CT molecular complexity index is 565. The molecule has 0 saturated carbocycles. The summed E-state index contributed by atoms with van der Waals surface area (Å²) in [5.74, 6) is 5.01. The molecule has 0 aliphatic heterocycles. The van der Waals surface area contributed by atoms with Gasteiger partial charge in [0.25, 0.3) is 5.91 Å². The first-order valence-corrected chi connectivity index (χ1v) is 6.56. The quantitative estimate of drug-likeness (QED) is 0.687. The summed E-state index contributed by atoms with van der Waals surface area (Å²) in [5.41, 5.74) is 0.256. The maximum Gasteiger partial charge on any atom is 0.254 e. The number of halogens is 2. The van der Waals surface area contributed by atoms with E-state index in [2.05, 4.69) is 17.2 Å². The Morgan fingerprint density at radius 1 is 1.35 bits per heavy atom. The molecule has 0 spiro atoms. The van der Waals surface area contributed by atoms with Crippen LogP contribution in [0.4, 0.5) is 0 Å². The van der Waals surface area contributed by atoms with Crippen LogP contribution in [0.25, 0.3) is 0 Å². The highest BCUT2D eigenvalue weighted by atomic mass is 35.5. The van der Waals surface area contributed by atoms with E-state index in [1.54, 1.807) is 0 Å². The Hall–Kier alpha value is -1.72. The lowest BCUT2D eigenvalue weighted by molar-refractivity contribution is 0.0684. The van der Waals surface area contributed by atoms with Gasteiger partial charge in [0, 0.05) is 22.0 Å². The number of amides is 1. The maximum absolute atomic E-state index is 11.9. The van der Waals surface area contributed by atoms with Crippen LogP contribution in [0.2, 0.25) is 10.0 Å². The van der Waals surface area contributed by atoms with Crippen LogP contribution in [0.5, 0.6) is 0 Å². The van der Waals surface area contributed by atoms with E-state index in [9.17, 15) is 4.79 Å². The van der Waals surface area contributed by atoms with Gasteiger partial charge >= 0.3 is 0 Å². The molecule has 0 aliphatic rings. The Morgan fingerprint density at radius 2 is 2.00 bits per heavy atom. The van der Waals surface area contributed by atoms with Crippen LogP contribution in [-0.2, 0) is 4.74 Å². The number of benzene rings is 1. The summed E-state index contributed by atoms with van der Waals surface area (Å²) in [6.45, 7) is 1.97. The van der Waals surface area contributed by atoms with Crippen LogP contribution >= 0.6 is 23.2 Å². The molecule has 0 aliphatic carbocycles. The van der Waals surface area contributed by atoms with E-state index in [0.717, 1.165) is 0 Å². The molecule has 104 valence electrons. The van der Waals surface area contributed by atoms with Gasteiger partial charge in [-0.1, -0.05) is 36.0 Å². The highest BCUT2D eigenvalue weighted by molar-refractivity contribution is 6.35. The third-order valence-corrected chi connectivity index (χ3v) is 2.56. The molecule has 1 rings (SSSR count). The first-order valence-electron chi connectivity index (χ1n) is 5.80. The van der Waals surface area contributed by atoms with Gasteiger partial charge in [-0.3, -0.25) is 4.79 Å². The van der Waals surface area contributed by atoms with Crippen molar-refractivity contribution in [2.75, 3.05) is 6.61 Å². The van der Waals surface area contributed by atoms with Crippen molar-refractivity contribution in [2.45, 2.75) is 19.6 Å². The van der Waals surface area contributed by atoms with Crippen molar-refractivity contribution in [1.29, 1.82) is 5.26 Å². The van der Waals surface area contributed by atoms with Gasteiger partial charge in [0.15, 0.2) is 0 Å². The normalized spacial score (nSPS) is 10.9. The van der Waals surface area contributed by atoms with Crippen molar-refractivity contribution >= 4 is 29.1 Å². The van der Waals surface area contributed by atoms with Crippen molar-refractivity contribution < 1.29 is 9.53 Å². The van der Waals surface area contributed by atoms with Crippen molar-refractivity contribution in [1.82, 2.24) is 5.32 Å². The minimum absolute atomic E-state index is 0.0721. The summed E-state index contributed by atoms with van der Waals surface area (Å²) in [4.78, 5) is 11.9. The van der Waals surface area contributed by atoms with Gasteiger partial charge in [-0.2, -0.15) is 5.26 Å². The zero-order valence-corrected chi connectivity index (χ0v) is 12.3. The minimum Gasteiger partial charge on any atom is -0.332 e. The second-order valence-corrected chi connectivity index (χ2v) is 4.53. The van der Waals surface area contributed by atoms with Crippen molar-refractivity contribution in [3.05, 3.63) is 33.8 Å². The lowest BCUT2D eigenvalue weighted by Gasteiger charge is -2.11. The predicted molar refractivity (Wildman–Crippen MR) is 77.3 cm³/mol. The molecule has 0 fully saturated rings. The van der Waals surface area contributed by atoms with Crippen LogP contribution in [0.15, 0.2) is 18.2 Å². The summed E-state index contributed by atoms with van der Waals surface area (Å²) in [7, 11) is 0. The van der Waals surface area contributed by atoms with Gasteiger partial charge in [-0.05, 0) is 18.2 Å². The molecule has 0 saturated heterocycles. The molecule has 0 aromatic heterocycles. The molecule has 1 amide bonds. The van der Waals surface area contributed by atoms with Gasteiger partial charge < -0.3 is 10.1 Å². The Labute approximate surface area is 127 Å². The smallest absolute Gasteiger partial charge is 0.254 e. The second kappa shape index (κ2) is 8.45. The molecule has 1 atom stereocenters. The van der Waals surface area contributed by atoms with E-state index in [4.69, 9.17) is 33.2 Å². The van der Waals surface area contributed by atoms with Gasteiger partial charge in [0.2, 0.25) is 6.23 Å². The first kappa shape index (κ1) is 16.3. The highest BCUT2D eigenvalue weighted by Gasteiger charge is 2.14. The number of carbonyl (C=O) groups is 1. The number of carbonyl (C=O) groups excluding carboxylic acids is 1. The SMILES string of the molecule is CCC#CCOC(C#N)NC(=O)c1cc(Cl)cc(Cl)c1. The fourth-order valence-electron chi connectivity index (χ4n) is 1.30. The molecule has 0 radical (unpaired) electrons. The van der Waals surface area contributed by atoms with Crippen LogP contribution < -0.4 is 5.32 Å². The first-order chi connectivity index (χ1) is 9.56. The molecule has 1 N–H and O–H groups in total. The molecular weight excluding hydrogens is 299 g/mol. The van der Waals surface area contributed by atoms with Crippen LogP contribution in [0.1, 0.15) is 23.7 Å². The largest absolute Gasteiger partial charge is 0.332 e. The van der Waals surface area contributed by atoms with Gasteiger partial charge in [-0.15, -0.1) is 5.92 Å². The third kappa shape index (κ3) is 5.50. The molecule has 0 bridgehead atoms. The van der Waals surface area contributed by atoms with E-state index < -0.39 is 12.1 Å². The number of ether oxygens (including phenoxy) is 1. The number of nitrogens with one attached hydrogen (secondary N) is 1. The number of hydrogen-bond acceptors (Lipinski definition) is 3. The summed E-state index contributed by atoms with van der Waals surface area (Å²) in [6.07, 6.45) is -0.375. The molecule has 0 heterocycles. The Morgan fingerprint density at radius 3 is 2.55 bits per heavy atom. The Kier molecular flexibility index (Phi) is 6.90. The van der Waals surface area contributed by atoms with E-state index in [1.807, 2.05) is 13.0 Å². The van der Waals surface area contributed by atoms with E-state index in [1.165, 1.54) is 18.2 Å². The fraction of sp³-hybridized carbons (Fsp3) is 0.286. The minimum atomic E-state index is -1.08. The summed E-state index contributed by atoms with van der Waals surface area (Å²) >= 11 is 11.6. The third-order valence-electron chi connectivity index (χ3n) is 2.13. The van der Waals surface area contributed by atoms with Crippen LogP contribution in [0, 0.1) is 23.2 Å². The molecule has 1 aromatic rings.